The molecule has 1 aromatic rings. The van der Waals surface area contributed by atoms with Crippen LogP contribution in [0.15, 0.2) is 0 Å². The molecule has 0 aliphatic heterocycles. The second-order valence-electron chi connectivity index (χ2n) is 5.69. The Morgan fingerprint density at radius 3 is 2.35 bits per heavy atom. The van der Waals surface area contributed by atoms with Crippen molar-refractivity contribution in [3.05, 3.63) is 16.5 Å². The molecule has 0 aromatic carbocycles. The lowest BCUT2D eigenvalue weighted by molar-refractivity contribution is 0.113. The molecule has 0 unspecified atom stereocenters. The minimum atomic E-state index is -0.116. The van der Waals surface area contributed by atoms with E-state index in [9.17, 15) is 0 Å². The van der Waals surface area contributed by atoms with Gasteiger partial charge in [-0.3, -0.25) is 0 Å². The second kappa shape index (κ2) is 4.45. The van der Waals surface area contributed by atoms with Crippen LogP contribution in [0.4, 0.5) is 0 Å². The van der Waals surface area contributed by atoms with E-state index < -0.39 is 0 Å². The summed E-state index contributed by atoms with van der Waals surface area (Å²) < 4.78 is 5.86. The van der Waals surface area contributed by atoms with Crippen LogP contribution >= 0.6 is 11.6 Å². The lowest BCUT2D eigenvalue weighted by atomic mass is 9.95. The first-order valence-corrected chi connectivity index (χ1v) is 6.47. The van der Waals surface area contributed by atoms with Crippen LogP contribution in [0.1, 0.15) is 51.4 Å². The van der Waals surface area contributed by atoms with Crippen LogP contribution in [-0.2, 0) is 5.41 Å². The number of nitrogens with zero attached hydrogens (tertiary/aromatic N) is 2. The van der Waals surface area contributed by atoms with E-state index in [1.807, 2.05) is 6.92 Å². The third-order valence-corrected chi connectivity index (χ3v) is 3.41. The summed E-state index contributed by atoms with van der Waals surface area (Å²) in [5, 5.41) is 0.499. The number of ether oxygens (including phenoxy) is 1. The van der Waals surface area contributed by atoms with E-state index in [2.05, 4.69) is 30.7 Å². The van der Waals surface area contributed by atoms with E-state index in [0.29, 0.717) is 17.1 Å². The fraction of sp³-hybridized carbons (Fsp3) is 0.692. The highest BCUT2D eigenvalue weighted by molar-refractivity contribution is 6.30. The van der Waals surface area contributed by atoms with Gasteiger partial charge in [0, 0.05) is 11.0 Å². The van der Waals surface area contributed by atoms with Crippen molar-refractivity contribution in [3.8, 4) is 5.88 Å². The summed E-state index contributed by atoms with van der Waals surface area (Å²) in [6.45, 7) is 8.12. The van der Waals surface area contributed by atoms with E-state index in [-0.39, 0.29) is 5.41 Å². The fourth-order valence-corrected chi connectivity index (χ4v) is 1.73. The largest absolute Gasteiger partial charge is 0.474 e. The Hall–Kier alpha value is -0.830. The molecular weight excluding hydrogens is 236 g/mol. The first kappa shape index (κ1) is 12.6. The summed E-state index contributed by atoms with van der Waals surface area (Å²) >= 11 is 6.14. The van der Waals surface area contributed by atoms with E-state index in [4.69, 9.17) is 16.3 Å². The van der Waals surface area contributed by atoms with Crippen LogP contribution in [-0.4, -0.2) is 16.1 Å². The molecule has 4 heteroatoms. The van der Waals surface area contributed by atoms with Crippen molar-refractivity contribution in [1.82, 2.24) is 9.97 Å². The van der Waals surface area contributed by atoms with Gasteiger partial charge >= 0.3 is 0 Å². The van der Waals surface area contributed by atoms with Crippen LogP contribution in [0, 0.1) is 6.92 Å². The molecule has 0 bridgehead atoms. The van der Waals surface area contributed by atoms with Crippen molar-refractivity contribution in [1.29, 1.82) is 0 Å². The summed E-state index contributed by atoms with van der Waals surface area (Å²) in [6, 6.07) is 0. The number of halogens is 1. The van der Waals surface area contributed by atoms with Crippen molar-refractivity contribution < 1.29 is 4.74 Å². The summed E-state index contributed by atoms with van der Waals surface area (Å²) in [6.07, 6.45) is 3.79. The van der Waals surface area contributed by atoms with Gasteiger partial charge in [0.1, 0.15) is 17.1 Å². The van der Waals surface area contributed by atoms with Gasteiger partial charge in [0.2, 0.25) is 5.88 Å². The Kier molecular flexibility index (Phi) is 3.30. The van der Waals surface area contributed by atoms with Crippen LogP contribution in [0.25, 0.3) is 0 Å². The number of hydrogen-bond donors (Lipinski definition) is 0. The molecule has 0 amide bonds. The van der Waals surface area contributed by atoms with Crippen LogP contribution in [0.2, 0.25) is 5.15 Å². The highest BCUT2D eigenvalue weighted by Gasteiger charge is 2.25. The summed E-state index contributed by atoms with van der Waals surface area (Å²) in [5.41, 5.74) is 0.723. The van der Waals surface area contributed by atoms with E-state index in [0.717, 1.165) is 24.2 Å². The molecule has 1 aliphatic rings. The van der Waals surface area contributed by atoms with Crippen molar-refractivity contribution >= 4 is 11.6 Å². The highest BCUT2D eigenvalue weighted by Crippen LogP contribution is 2.31. The predicted octanol–water partition coefficient (Wildman–Crippen LogP) is 3.67. The maximum atomic E-state index is 6.14. The van der Waals surface area contributed by atoms with E-state index in [1.165, 1.54) is 6.42 Å². The van der Waals surface area contributed by atoms with Gasteiger partial charge in [0.15, 0.2) is 0 Å². The van der Waals surface area contributed by atoms with Gasteiger partial charge in [0.25, 0.3) is 0 Å². The van der Waals surface area contributed by atoms with Crippen molar-refractivity contribution in [2.24, 2.45) is 0 Å². The quantitative estimate of drug-likeness (QED) is 0.756. The monoisotopic (exact) mass is 254 g/mol. The zero-order valence-corrected chi connectivity index (χ0v) is 11.6. The molecule has 0 saturated heterocycles. The van der Waals surface area contributed by atoms with Gasteiger partial charge in [-0.1, -0.05) is 32.4 Å². The van der Waals surface area contributed by atoms with Gasteiger partial charge in [-0.05, 0) is 26.2 Å². The van der Waals surface area contributed by atoms with Crippen LogP contribution < -0.4 is 4.74 Å². The lowest BCUT2D eigenvalue weighted by Gasteiger charge is -2.27. The standard InChI is InChI=1S/C13H19ClN2O/c1-8-10(14)15-12(13(2,3)4)16-11(8)17-9-6-5-7-9/h9H,5-7H2,1-4H3. The van der Waals surface area contributed by atoms with Gasteiger partial charge in [-0.2, -0.15) is 4.98 Å². The Balaban J connectivity index is 2.32. The van der Waals surface area contributed by atoms with Crippen molar-refractivity contribution in [2.45, 2.75) is 58.5 Å². The van der Waals surface area contributed by atoms with E-state index in [1.54, 1.807) is 0 Å². The lowest BCUT2D eigenvalue weighted by Crippen LogP contribution is -2.26. The summed E-state index contributed by atoms with van der Waals surface area (Å²) in [4.78, 5) is 8.84. The highest BCUT2D eigenvalue weighted by atomic mass is 35.5. The summed E-state index contributed by atoms with van der Waals surface area (Å²) in [5.74, 6) is 1.39. The SMILES string of the molecule is Cc1c(Cl)nc(C(C)(C)C)nc1OC1CCC1. The molecule has 3 nitrogen and oxygen atoms in total. The number of hydrogen-bond acceptors (Lipinski definition) is 3. The number of aromatic nitrogens is 2. The Morgan fingerprint density at radius 2 is 1.88 bits per heavy atom. The third-order valence-electron chi connectivity index (χ3n) is 3.04. The first-order chi connectivity index (χ1) is 7.88. The topological polar surface area (TPSA) is 35.0 Å². The maximum absolute atomic E-state index is 6.14. The van der Waals surface area contributed by atoms with Gasteiger partial charge < -0.3 is 4.74 Å². The second-order valence-corrected chi connectivity index (χ2v) is 6.05. The van der Waals surface area contributed by atoms with Gasteiger partial charge in [-0.15, -0.1) is 0 Å². The van der Waals surface area contributed by atoms with Gasteiger partial charge in [-0.25, -0.2) is 4.98 Å². The minimum absolute atomic E-state index is 0.116. The van der Waals surface area contributed by atoms with Gasteiger partial charge in [0.05, 0.1) is 0 Å². The normalized spacial score (nSPS) is 16.8. The molecule has 94 valence electrons. The van der Waals surface area contributed by atoms with Crippen LogP contribution in [0.5, 0.6) is 5.88 Å². The Morgan fingerprint density at radius 1 is 1.24 bits per heavy atom. The molecule has 1 heterocycles. The zero-order valence-electron chi connectivity index (χ0n) is 10.9. The smallest absolute Gasteiger partial charge is 0.221 e. The molecule has 17 heavy (non-hydrogen) atoms. The van der Waals surface area contributed by atoms with Crippen LogP contribution in [0.3, 0.4) is 0 Å². The number of rotatable bonds is 2. The molecule has 0 atom stereocenters. The zero-order chi connectivity index (χ0) is 12.6. The Labute approximate surface area is 108 Å². The Bertz CT molecular complexity index is 422. The molecule has 1 aliphatic carbocycles. The third kappa shape index (κ3) is 2.71. The fourth-order valence-electron chi connectivity index (χ4n) is 1.57. The molecular formula is C13H19ClN2O. The van der Waals surface area contributed by atoms with Crippen molar-refractivity contribution in [3.63, 3.8) is 0 Å². The first-order valence-electron chi connectivity index (χ1n) is 6.09. The average molecular weight is 255 g/mol. The molecule has 1 saturated carbocycles. The maximum Gasteiger partial charge on any atom is 0.221 e. The molecule has 2 rings (SSSR count). The molecule has 0 N–H and O–H groups in total. The summed E-state index contributed by atoms with van der Waals surface area (Å²) in [7, 11) is 0. The van der Waals surface area contributed by atoms with Crippen molar-refractivity contribution in [2.75, 3.05) is 0 Å². The molecule has 0 spiro atoms. The molecule has 1 fully saturated rings. The molecule has 1 aromatic heterocycles. The predicted molar refractivity (Wildman–Crippen MR) is 68.7 cm³/mol. The molecule has 0 radical (unpaired) electrons. The van der Waals surface area contributed by atoms with E-state index >= 15 is 0 Å². The average Bonchev–Trinajstić information content (AvgIpc) is 2.15. The minimum Gasteiger partial charge on any atom is -0.474 e.